The molecule has 0 saturated carbocycles. The third-order valence-electron chi connectivity index (χ3n) is 4.56. The van der Waals surface area contributed by atoms with Crippen molar-refractivity contribution in [3.8, 4) is 0 Å². The van der Waals surface area contributed by atoms with Gasteiger partial charge < -0.3 is 4.90 Å². The molecule has 1 unspecified atom stereocenters. The van der Waals surface area contributed by atoms with Gasteiger partial charge in [0.15, 0.2) is 5.16 Å². The van der Waals surface area contributed by atoms with Gasteiger partial charge in [-0.1, -0.05) is 54.2 Å². The predicted molar refractivity (Wildman–Crippen MR) is 115 cm³/mol. The van der Waals surface area contributed by atoms with Crippen LogP contribution in [0.5, 0.6) is 0 Å². The van der Waals surface area contributed by atoms with Crippen molar-refractivity contribution < 1.29 is 4.79 Å². The zero-order valence-electron chi connectivity index (χ0n) is 16.6. The maximum atomic E-state index is 12.9. The molecule has 0 bridgehead atoms. The quantitative estimate of drug-likeness (QED) is 0.465. The van der Waals surface area contributed by atoms with Gasteiger partial charge in [0, 0.05) is 19.6 Å². The summed E-state index contributed by atoms with van der Waals surface area (Å²) < 4.78 is 1.67. The summed E-state index contributed by atoms with van der Waals surface area (Å²) in [5, 5.41) is 0.820. The molecule has 1 atom stereocenters. The van der Waals surface area contributed by atoms with Gasteiger partial charge >= 0.3 is 0 Å². The molecule has 5 nitrogen and oxygen atoms in total. The van der Waals surface area contributed by atoms with Gasteiger partial charge in [-0.3, -0.25) is 14.2 Å². The largest absolute Gasteiger partial charge is 0.340 e. The maximum absolute atomic E-state index is 12.9. The number of hydrogen-bond donors (Lipinski definition) is 0. The van der Waals surface area contributed by atoms with Crippen LogP contribution in [0.15, 0.2) is 64.5 Å². The number of aromatic nitrogens is 2. The minimum atomic E-state index is -0.355. The first-order valence-corrected chi connectivity index (χ1v) is 10.2. The van der Waals surface area contributed by atoms with Gasteiger partial charge in [0.1, 0.15) is 0 Å². The highest BCUT2D eigenvalue weighted by Crippen LogP contribution is 2.26. The number of fused-ring (bicyclic) bond motifs is 1. The highest BCUT2D eigenvalue weighted by Gasteiger charge is 2.23. The van der Waals surface area contributed by atoms with Crippen LogP contribution in [-0.2, 0) is 11.3 Å². The first-order valence-electron chi connectivity index (χ1n) is 9.35. The first kappa shape index (κ1) is 20.1. The normalized spacial score (nSPS) is 12.3. The Labute approximate surface area is 169 Å². The molecule has 6 heteroatoms. The van der Waals surface area contributed by atoms with E-state index in [1.165, 1.54) is 11.8 Å². The molecule has 0 radical (unpaired) electrons. The SMILES string of the molecule is CC(Sc1nc2ccccc2c(=O)n1C(C)C)C(=O)N(C)Cc1ccccc1. The van der Waals surface area contributed by atoms with Gasteiger partial charge in [-0.15, -0.1) is 0 Å². The highest BCUT2D eigenvalue weighted by molar-refractivity contribution is 8.00. The molecule has 0 spiro atoms. The average Bonchev–Trinajstić information content (AvgIpc) is 2.68. The molecular weight excluding hydrogens is 370 g/mol. The third-order valence-corrected chi connectivity index (χ3v) is 5.61. The summed E-state index contributed by atoms with van der Waals surface area (Å²) in [7, 11) is 1.80. The van der Waals surface area contributed by atoms with Crippen molar-refractivity contribution in [3.05, 3.63) is 70.5 Å². The summed E-state index contributed by atoms with van der Waals surface area (Å²) in [6, 6.07) is 17.2. The van der Waals surface area contributed by atoms with Crippen LogP contribution < -0.4 is 5.56 Å². The smallest absolute Gasteiger partial charge is 0.262 e. The van der Waals surface area contributed by atoms with Crippen molar-refractivity contribution in [2.24, 2.45) is 0 Å². The van der Waals surface area contributed by atoms with E-state index in [1.807, 2.05) is 69.3 Å². The summed E-state index contributed by atoms with van der Waals surface area (Å²) in [4.78, 5) is 32.2. The minimum Gasteiger partial charge on any atom is -0.340 e. The van der Waals surface area contributed by atoms with Gasteiger partial charge in [0.2, 0.25) is 5.91 Å². The van der Waals surface area contributed by atoms with Gasteiger partial charge in [-0.25, -0.2) is 4.98 Å². The van der Waals surface area contributed by atoms with Crippen molar-refractivity contribution in [2.45, 2.75) is 43.8 Å². The Bertz CT molecular complexity index is 1030. The maximum Gasteiger partial charge on any atom is 0.262 e. The molecular formula is C22H25N3O2S. The standard InChI is InChI=1S/C22H25N3O2S/c1-15(2)25-21(27)18-12-8-9-13-19(18)23-22(25)28-16(3)20(26)24(4)14-17-10-6-5-7-11-17/h5-13,15-16H,14H2,1-4H3. The average molecular weight is 396 g/mol. The lowest BCUT2D eigenvalue weighted by atomic mass is 10.2. The fourth-order valence-electron chi connectivity index (χ4n) is 3.12. The second-order valence-electron chi connectivity index (χ2n) is 7.12. The second-order valence-corrected chi connectivity index (χ2v) is 8.43. The molecule has 3 rings (SSSR count). The van der Waals surface area contributed by atoms with Crippen LogP contribution in [0.25, 0.3) is 10.9 Å². The Hall–Kier alpha value is -2.60. The Kier molecular flexibility index (Phi) is 6.19. The summed E-state index contributed by atoms with van der Waals surface area (Å²) in [5.74, 6) is 0.00608. The molecule has 0 aliphatic carbocycles. The number of carbonyl (C=O) groups is 1. The molecule has 146 valence electrons. The summed E-state index contributed by atoms with van der Waals surface area (Å²) in [5.41, 5.74) is 1.67. The van der Waals surface area contributed by atoms with Crippen LogP contribution in [-0.4, -0.2) is 32.7 Å². The van der Waals surface area contributed by atoms with Crippen LogP contribution in [0.3, 0.4) is 0 Å². The molecule has 0 aliphatic heterocycles. The molecule has 1 aromatic heterocycles. The minimum absolute atomic E-state index is 0.00608. The molecule has 0 fully saturated rings. The van der Waals surface area contributed by atoms with Crippen LogP contribution in [0.1, 0.15) is 32.4 Å². The fourth-order valence-corrected chi connectivity index (χ4v) is 4.27. The summed E-state index contributed by atoms with van der Waals surface area (Å²) in [6.45, 7) is 6.32. The lowest BCUT2D eigenvalue weighted by Crippen LogP contribution is -2.33. The zero-order valence-corrected chi connectivity index (χ0v) is 17.4. The number of para-hydroxylation sites is 1. The molecule has 1 amide bonds. The molecule has 0 N–H and O–H groups in total. The Morgan fingerprint density at radius 3 is 2.39 bits per heavy atom. The van der Waals surface area contributed by atoms with Crippen LogP contribution in [0.4, 0.5) is 0 Å². The van der Waals surface area contributed by atoms with E-state index in [1.54, 1.807) is 22.6 Å². The van der Waals surface area contributed by atoms with E-state index in [-0.39, 0.29) is 22.8 Å². The number of amides is 1. The van der Waals surface area contributed by atoms with Crippen LogP contribution in [0, 0.1) is 0 Å². The third kappa shape index (κ3) is 4.28. The lowest BCUT2D eigenvalue weighted by molar-refractivity contribution is -0.129. The van der Waals surface area contributed by atoms with Gasteiger partial charge in [-0.2, -0.15) is 0 Å². The molecule has 3 aromatic rings. The van der Waals surface area contributed by atoms with Crippen molar-refractivity contribution in [1.29, 1.82) is 0 Å². The van der Waals surface area contributed by atoms with E-state index in [4.69, 9.17) is 0 Å². The van der Waals surface area contributed by atoms with Crippen LogP contribution in [0.2, 0.25) is 0 Å². The lowest BCUT2D eigenvalue weighted by Gasteiger charge is -2.23. The van der Waals surface area contributed by atoms with E-state index in [0.29, 0.717) is 22.6 Å². The summed E-state index contributed by atoms with van der Waals surface area (Å²) >= 11 is 1.34. The summed E-state index contributed by atoms with van der Waals surface area (Å²) in [6.07, 6.45) is 0. The van der Waals surface area contributed by atoms with Gasteiger partial charge in [-0.05, 0) is 38.5 Å². The number of rotatable bonds is 6. The number of hydrogen-bond acceptors (Lipinski definition) is 4. The Morgan fingerprint density at radius 2 is 1.71 bits per heavy atom. The Balaban J connectivity index is 1.85. The van der Waals surface area contributed by atoms with Crippen molar-refractivity contribution in [2.75, 3.05) is 7.05 Å². The zero-order chi connectivity index (χ0) is 20.3. The topological polar surface area (TPSA) is 55.2 Å². The monoisotopic (exact) mass is 395 g/mol. The second kappa shape index (κ2) is 8.61. The van der Waals surface area contributed by atoms with Gasteiger partial charge in [0.05, 0.1) is 16.2 Å². The molecule has 0 saturated heterocycles. The molecule has 2 aromatic carbocycles. The van der Waals surface area contributed by atoms with Crippen LogP contribution >= 0.6 is 11.8 Å². The van der Waals surface area contributed by atoms with Crippen molar-refractivity contribution in [3.63, 3.8) is 0 Å². The molecule has 0 aliphatic rings. The first-order chi connectivity index (χ1) is 13.4. The molecule has 28 heavy (non-hydrogen) atoms. The van der Waals surface area contributed by atoms with E-state index >= 15 is 0 Å². The van der Waals surface area contributed by atoms with E-state index in [9.17, 15) is 9.59 Å². The van der Waals surface area contributed by atoms with Crippen molar-refractivity contribution >= 4 is 28.6 Å². The number of thioether (sulfide) groups is 1. The van der Waals surface area contributed by atoms with Gasteiger partial charge in [0.25, 0.3) is 5.56 Å². The highest BCUT2D eigenvalue weighted by atomic mass is 32.2. The van der Waals surface area contributed by atoms with E-state index in [2.05, 4.69) is 4.98 Å². The fraction of sp³-hybridized carbons (Fsp3) is 0.318. The van der Waals surface area contributed by atoms with Crippen molar-refractivity contribution in [1.82, 2.24) is 14.5 Å². The number of carbonyl (C=O) groups excluding carboxylic acids is 1. The molecule has 1 heterocycles. The predicted octanol–water partition coefficient (Wildman–Crippen LogP) is 4.12. The number of nitrogens with zero attached hydrogens (tertiary/aromatic N) is 3. The Morgan fingerprint density at radius 1 is 1.07 bits per heavy atom. The van der Waals surface area contributed by atoms with E-state index < -0.39 is 0 Å². The number of benzene rings is 2. The van der Waals surface area contributed by atoms with E-state index in [0.717, 1.165) is 5.56 Å².